The quantitative estimate of drug-likeness (QED) is 0.785. The van der Waals surface area contributed by atoms with Gasteiger partial charge in [-0.15, -0.1) is 5.10 Å². The Morgan fingerprint density at radius 1 is 0.933 bits per heavy atom. The molecule has 0 radical (unpaired) electrons. The molecule has 6 nitrogen and oxygen atoms in total. The number of hydrogen-bond acceptors (Lipinski definition) is 4. The standard InChI is InChI=1S/C24H25N3O3/c28-23(25-22-15-21(26-27-22)14-16-4-2-1-3-5-16)19-10-6-17(7-11-19)18-8-12-20(13-9-18)24(29)30/h1-7,10-11,18,20H,8-9,12-15H2,(H,29,30)(H,25,27,28)/t18-,20-. The van der Waals surface area contributed by atoms with Gasteiger partial charge in [-0.05, 0) is 54.9 Å². The molecule has 30 heavy (non-hydrogen) atoms. The van der Waals surface area contributed by atoms with Crippen LogP contribution in [0.25, 0.3) is 0 Å². The molecule has 2 aromatic carbocycles. The Balaban J connectivity index is 1.28. The van der Waals surface area contributed by atoms with Crippen molar-refractivity contribution in [2.24, 2.45) is 16.1 Å². The van der Waals surface area contributed by atoms with Crippen LogP contribution >= 0.6 is 0 Å². The normalized spacial score (nSPS) is 20.9. The molecule has 1 saturated carbocycles. The zero-order valence-corrected chi connectivity index (χ0v) is 16.8. The van der Waals surface area contributed by atoms with Gasteiger partial charge in [0, 0.05) is 18.4 Å². The van der Waals surface area contributed by atoms with Gasteiger partial charge in [-0.3, -0.25) is 9.59 Å². The molecule has 0 spiro atoms. The van der Waals surface area contributed by atoms with Gasteiger partial charge in [0.15, 0.2) is 0 Å². The molecule has 0 atom stereocenters. The first-order valence-corrected chi connectivity index (χ1v) is 10.4. The number of amides is 1. The highest BCUT2D eigenvalue weighted by Crippen LogP contribution is 2.35. The molecule has 2 aromatic rings. The molecule has 154 valence electrons. The Morgan fingerprint density at radius 3 is 2.30 bits per heavy atom. The summed E-state index contributed by atoms with van der Waals surface area (Å²) >= 11 is 0. The summed E-state index contributed by atoms with van der Waals surface area (Å²) in [6.45, 7) is 0. The van der Waals surface area contributed by atoms with Crippen LogP contribution in [0.1, 0.15) is 59.5 Å². The lowest BCUT2D eigenvalue weighted by atomic mass is 9.78. The van der Waals surface area contributed by atoms with Crippen LogP contribution < -0.4 is 5.32 Å². The van der Waals surface area contributed by atoms with E-state index in [2.05, 4.69) is 27.7 Å². The summed E-state index contributed by atoms with van der Waals surface area (Å²) in [6.07, 6.45) is 4.45. The molecule has 0 saturated heterocycles. The molecule has 1 amide bonds. The molecule has 4 rings (SSSR count). The fourth-order valence-electron chi connectivity index (χ4n) is 4.18. The van der Waals surface area contributed by atoms with Crippen LogP contribution in [0, 0.1) is 5.92 Å². The van der Waals surface area contributed by atoms with Crippen molar-refractivity contribution in [3.8, 4) is 0 Å². The van der Waals surface area contributed by atoms with Crippen LogP contribution in [0.2, 0.25) is 0 Å². The molecule has 0 unspecified atom stereocenters. The number of nitrogens with zero attached hydrogens (tertiary/aromatic N) is 2. The van der Waals surface area contributed by atoms with E-state index in [1.165, 1.54) is 11.1 Å². The van der Waals surface area contributed by atoms with Crippen molar-refractivity contribution in [2.75, 3.05) is 0 Å². The first kappa shape index (κ1) is 20.0. The minimum atomic E-state index is -0.689. The van der Waals surface area contributed by atoms with E-state index in [1.54, 1.807) is 0 Å². The minimum Gasteiger partial charge on any atom is -0.481 e. The number of carbonyl (C=O) groups is 2. The van der Waals surface area contributed by atoms with Crippen molar-refractivity contribution in [3.05, 3.63) is 71.3 Å². The lowest BCUT2D eigenvalue weighted by molar-refractivity contribution is -0.142. The van der Waals surface area contributed by atoms with Crippen molar-refractivity contribution in [1.29, 1.82) is 0 Å². The maximum Gasteiger partial charge on any atom is 0.306 e. The second kappa shape index (κ2) is 9.03. The van der Waals surface area contributed by atoms with E-state index in [4.69, 9.17) is 5.11 Å². The fraction of sp³-hybridized carbons (Fsp3) is 0.333. The number of carbonyl (C=O) groups excluding carboxylic acids is 1. The molecule has 2 N–H and O–H groups in total. The number of carboxylic acid groups (broad SMARTS) is 1. The third-order valence-corrected chi connectivity index (χ3v) is 5.91. The summed E-state index contributed by atoms with van der Waals surface area (Å²) in [5.74, 6) is -0.155. The summed E-state index contributed by atoms with van der Waals surface area (Å²) in [7, 11) is 0. The lowest BCUT2D eigenvalue weighted by Gasteiger charge is -2.26. The fourth-order valence-corrected chi connectivity index (χ4v) is 4.18. The second-order valence-electron chi connectivity index (χ2n) is 8.01. The van der Waals surface area contributed by atoms with Crippen molar-refractivity contribution < 1.29 is 14.7 Å². The zero-order chi connectivity index (χ0) is 20.9. The monoisotopic (exact) mass is 403 g/mol. The molecule has 6 heteroatoms. The van der Waals surface area contributed by atoms with Gasteiger partial charge in [0.2, 0.25) is 0 Å². The molecular formula is C24H25N3O3. The van der Waals surface area contributed by atoms with Gasteiger partial charge in [-0.25, -0.2) is 0 Å². The molecule has 0 bridgehead atoms. The van der Waals surface area contributed by atoms with Gasteiger partial charge >= 0.3 is 5.97 Å². The zero-order valence-electron chi connectivity index (χ0n) is 16.8. The van der Waals surface area contributed by atoms with E-state index in [-0.39, 0.29) is 11.8 Å². The number of aliphatic carboxylic acids is 1. The highest BCUT2D eigenvalue weighted by molar-refractivity contribution is 6.14. The summed E-state index contributed by atoms with van der Waals surface area (Å²) in [4.78, 5) is 23.7. The van der Waals surface area contributed by atoms with E-state index in [9.17, 15) is 9.59 Å². The summed E-state index contributed by atoms with van der Waals surface area (Å²) < 4.78 is 0. The van der Waals surface area contributed by atoms with Crippen LogP contribution in [0.3, 0.4) is 0 Å². The average Bonchev–Trinajstić information content (AvgIpc) is 3.21. The molecule has 1 fully saturated rings. The molecule has 0 aromatic heterocycles. The van der Waals surface area contributed by atoms with Gasteiger partial charge in [-0.2, -0.15) is 5.10 Å². The van der Waals surface area contributed by atoms with Gasteiger partial charge in [0.1, 0.15) is 5.84 Å². The molecule has 2 aliphatic rings. The van der Waals surface area contributed by atoms with Crippen LogP contribution in [0.4, 0.5) is 0 Å². The smallest absolute Gasteiger partial charge is 0.306 e. The van der Waals surface area contributed by atoms with Gasteiger partial charge in [0.25, 0.3) is 5.91 Å². The topological polar surface area (TPSA) is 91.1 Å². The third-order valence-electron chi connectivity index (χ3n) is 5.91. The van der Waals surface area contributed by atoms with Crippen LogP contribution in [-0.2, 0) is 11.2 Å². The van der Waals surface area contributed by atoms with E-state index >= 15 is 0 Å². The summed E-state index contributed by atoms with van der Waals surface area (Å²) in [5, 5.41) is 20.3. The predicted molar refractivity (Wildman–Crippen MR) is 116 cm³/mol. The molecular weight excluding hydrogens is 378 g/mol. The third kappa shape index (κ3) is 4.82. The number of benzene rings is 2. The number of rotatable bonds is 5. The Kier molecular flexibility index (Phi) is 6.02. The maximum absolute atomic E-state index is 12.6. The highest BCUT2D eigenvalue weighted by atomic mass is 16.4. The van der Waals surface area contributed by atoms with Crippen LogP contribution in [0.15, 0.2) is 64.8 Å². The SMILES string of the molecule is O=C(NC1=NN=C(Cc2ccccc2)C1)c1ccc([C@H]2CC[C@H](C(=O)O)CC2)cc1. The van der Waals surface area contributed by atoms with E-state index in [0.717, 1.165) is 25.0 Å². The first-order valence-electron chi connectivity index (χ1n) is 10.4. The van der Waals surface area contributed by atoms with Crippen molar-refractivity contribution in [2.45, 2.75) is 44.4 Å². The first-order chi connectivity index (χ1) is 14.6. The predicted octanol–water partition coefficient (Wildman–Crippen LogP) is 4.18. The Bertz CT molecular complexity index is 973. The van der Waals surface area contributed by atoms with E-state index in [0.29, 0.717) is 36.6 Å². The lowest BCUT2D eigenvalue weighted by Crippen LogP contribution is -2.30. The number of nitrogens with one attached hydrogen (secondary N) is 1. The number of amidine groups is 1. The Labute approximate surface area is 175 Å². The van der Waals surface area contributed by atoms with Crippen molar-refractivity contribution in [3.63, 3.8) is 0 Å². The maximum atomic E-state index is 12.6. The Hall–Kier alpha value is -3.28. The van der Waals surface area contributed by atoms with Gasteiger partial charge in [0.05, 0.1) is 11.6 Å². The van der Waals surface area contributed by atoms with Crippen LogP contribution in [-0.4, -0.2) is 28.5 Å². The van der Waals surface area contributed by atoms with Gasteiger partial charge in [-0.1, -0.05) is 42.5 Å². The van der Waals surface area contributed by atoms with E-state index in [1.807, 2.05) is 42.5 Å². The number of carboxylic acids is 1. The Morgan fingerprint density at radius 2 is 1.63 bits per heavy atom. The highest BCUT2D eigenvalue weighted by Gasteiger charge is 2.26. The molecule has 1 heterocycles. The summed E-state index contributed by atoms with van der Waals surface area (Å²) in [6, 6.07) is 17.7. The molecule has 1 aliphatic heterocycles. The largest absolute Gasteiger partial charge is 0.481 e. The minimum absolute atomic E-state index is 0.189. The second-order valence-corrected chi connectivity index (χ2v) is 8.01. The van der Waals surface area contributed by atoms with Crippen molar-refractivity contribution in [1.82, 2.24) is 5.32 Å². The molecule has 1 aliphatic carbocycles. The average molecular weight is 403 g/mol. The van der Waals surface area contributed by atoms with Gasteiger partial charge < -0.3 is 10.4 Å². The number of hydrogen-bond donors (Lipinski definition) is 2. The van der Waals surface area contributed by atoms with Crippen molar-refractivity contribution >= 4 is 23.4 Å². The van der Waals surface area contributed by atoms with Crippen LogP contribution in [0.5, 0.6) is 0 Å². The van der Waals surface area contributed by atoms with E-state index < -0.39 is 5.97 Å². The summed E-state index contributed by atoms with van der Waals surface area (Å²) in [5.41, 5.74) is 3.86.